The number of pyridine rings is 1. The zero-order valence-electron chi connectivity index (χ0n) is 10.7. The van der Waals surface area contributed by atoms with Crippen LogP contribution >= 0.6 is 0 Å². The monoisotopic (exact) mass is 233 g/mol. The van der Waals surface area contributed by atoms with Gasteiger partial charge in [0.15, 0.2) is 0 Å². The van der Waals surface area contributed by atoms with Gasteiger partial charge in [0.25, 0.3) is 0 Å². The Hall–Kier alpha value is -1.25. The molecule has 3 nitrogen and oxygen atoms in total. The highest BCUT2D eigenvalue weighted by Gasteiger charge is 2.13. The van der Waals surface area contributed by atoms with E-state index < -0.39 is 0 Å². The smallest absolute Gasteiger partial charge is 0.128 e. The zero-order valence-corrected chi connectivity index (χ0v) is 10.7. The lowest BCUT2D eigenvalue weighted by Gasteiger charge is -2.10. The van der Waals surface area contributed by atoms with Crippen molar-refractivity contribution < 1.29 is 0 Å². The first kappa shape index (κ1) is 12.2. The first-order chi connectivity index (χ1) is 8.38. The van der Waals surface area contributed by atoms with E-state index in [9.17, 15) is 0 Å². The Morgan fingerprint density at radius 2 is 2.00 bits per heavy atom. The molecule has 0 amide bonds. The van der Waals surface area contributed by atoms with E-state index in [4.69, 9.17) is 0 Å². The third-order valence-corrected chi connectivity index (χ3v) is 3.58. The van der Waals surface area contributed by atoms with Gasteiger partial charge in [-0.3, -0.25) is 0 Å². The second kappa shape index (κ2) is 6.48. The Balaban J connectivity index is 1.66. The Kier molecular flexibility index (Phi) is 4.65. The fourth-order valence-corrected chi connectivity index (χ4v) is 2.58. The first-order valence-corrected chi connectivity index (χ1v) is 6.77. The quantitative estimate of drug-likeness (QED) is 0.738. The molecule has 0 unspecified atom stereocenters. The Morgan fingerprint density at radius 1 is 1.24 bits per heavy atom. The zero-order chi connectivity index (χ0) is 11.9. The van der Waals surface area contributed by atoms with E-state index >= 15 is 0 Å². The summed E-state index contributed by atoms with van der Waals surface area (Å²) >= 11 is 0. The van der Waals surface area contributed by atoms with Gasteiger partial charge in [0.05, 0.1) is 0 Å². The molecular formula is C14H23N3. The van der Waals surface area contributed by atoms with Crippen LogP contribution < -0.4 is 10.6 Å². The van der Waals surface area contributed by atoms with E-state index in [1.165, 1.54) is 38.5 Å². The van der Waals surface area contributed by atoms with E-state index in [2.05, 4.69) is 15.6 Å². The predicted octanol–water partition coefficient (Wildman–Crippen LogP) is 3.51. The minimum Gasteiger partial charge on any atom is -0.373 e. The van der Waals surface area contributed by atoms with Gasteiger partial charge in [-0.2, -0.15) is 0 Å². The SMILES string of the molecule is CNc1cccc(NCCCC2CCCC2)n1. The maximum Gasteiger partial charge on any atom is 0.128 e. The molecule has 0 aromatic carbocycles. The standard InChI is InChI=1S/C14H23N3/c1-15-13-9-4-10-14(17-13)16-11-5-8-12-6-2-3-7-12/h4,9-10,12H,2-3,5-8,11H2,1H3,(H2,15,16,17). The third kappa shape index (κ3) is 3.91. The van der Waals surface area contributed by atoms with Crippen molar-refractivity contribution in [2.24, 2.45) is 5.92 Å². The van der Waals surface area contributed by atoms with Crippen LogP contribution in [0, 0.1) is 5.92 Å². The number of aromatic nitrogens is 1. The molecule has 1 saturated carbocycles. The maximum atomic E-state index is 4.44. The first-order valence-electron chi connectivity index (χ1n) is 6.77. The molecule has 2 N–H and O–H groups in total. The van der Waals surface area contributed by atoms with Gasteiger partial charge in [0.1, 0.15) is 11.6 Å². The number of rotatable bonds is 6. The van der Waals surface area contributed by atoms with Crippen molar-refractivity contribution in [1.82, 2.24) is 4.98 Å². The van der Waals surface area contributed by atoms with Crippen molar-refractivity contribution in [3.05, 3.63) is 18.2 Å². The molecule has 2 rings (SSSR count). The predicted molar refractivity (Wildman–Crippen MR) is 73.5 cm³/mol. The Labute approximate surface area is 104 Å². The van der Waals surface area contributed by atoms with E-state index in [0.717, 1.165) is 24.1 Å². The van der Waals surface area contributed by atoms with Gasteiger partial charge in [0.2, 0.25) is 0 Å². The van der Waals surface area contributed by atoms with Crippen molar-refractivity contribution in [2.75, 3.05) is 24.2 Å². The number of nitrogens with one attached hydrogen (secondary N) is 2. The molecule has 3 heteroatoms. The number of hydrogen-bond acceptors (Lipinski definition) is 3. The average molecular weight is 233 g/mol. The van der Waals surface area contributed by atoms with Gasteiger partial charge in [-0.25, -0.2) is 4.98 Å². The van der Waals surface area contributed by atoms with Crippen LogP contribution in [-0.4, -0.2) is 18.6 Å². The molecule has 0 bridgehead atoms. The van der Waals surface area contributed by atoms with Gasteiger partial charge in [0, 0.05) is 13.6 Å². The lowest BCUT2D eigenvalue weighted by Crippen LogP contribution is -2.06. The minimum atomic E-state index is 0.922. The second-order valence-electron chi connectivity index (χ2n) is 4.88. The van der Waals surface area contributed by atoms with Crippen LogP contribution in [0.5, 0.6) is 0 Å². The number of anilines is 2. The number of nitrogens with zero attached hydrogens (tertiary/aromatic N) is 1. The highest BCUT2D eigenvalue weighted by Crippen LogP contribution is 2.28. The fourth-order valence-electron chi connectivity index (χ4n) is 2.58. The second-order valence-corrected chi connectivity index (χ2v) is 4.88. The van der Waals surface area contributed by atoms with Crippen molar-refractivity contribution in [2.45, 2.75) is 38.5 Å². The molecule has 1 heterocycles. The molecule has 0 spiro atoms. The van der Waals surface area contributed by atoms with Crippen LogP contribution in [0.3, 0.4) is 0 Å². The van der Waals surface area contributed by atoms with Crippen molar-refractivity contribution in [3.8, 4) is 0 Å². The maximum absolute atomic E-state index is 4.44. The van der Waals surface area contributed by atoms with Gasteiger partial charge >= 0.3 is 0 Å². The minimum absolute atomic E-state index is 0.922. The normalized spacial score (nSPS) is 16.1. The van der Waals surface area contributed by atoms with Crippen LogP contribution in [0.15, 0.2) is 18.2 Å². The van der Waals surface area contributed by atoms with E-state index in [1.54, 1.807) is 0 Å². The Morgan fingerprint density at radius 3 is 2.76 bits per heavy atom. The van der Waals surface area contributed by atoms with E-state index in [1.807, 2.05) is 25.2 Å². The molecule has 0 aliphatic heterocycles. The van der Waals surface area contributed by atoms with Crippen LogP contribution in [0.25, 0.3) is 0 Å². The summed E-state index contributed by atoms with van der Waals surface area (Å²) in [6.07, 6.45) is 8.43. The lowest BCUT2D eigenvalue weighted by atomic mass is 10.0. The summed E-state index contributed by atoms with van der Waals surface area (Å²) in [5.74, 6) is 2.89. The molecule has 1 aromatic rings. The summed E-state index contributed by atoms with van der Waals surface area (Å²) in [4.78, 5) is 4.44. The van der Waals surface area contributed by atoms with Crippen molar-refractivity contribution in [1.29, 1.82) is 0 Å². The van der Waals surface area contributed by atoms with Crippen LogP contribution in [0.4, 0.5) is 11.6 Å². The molecule has 1 fully saturated rings. The van der Waals surface area contributed by atoms with Crippen molar-refractivity contribution in [3.63, 3.8) is 0 Å². The molecule has 0 radical (unpaired) electrons. The van der Waals surface area contributed by atoms with Gasteiger partial charge in [-0.05, 0) is 30.9 Å². The molecule has 0 atom stereocenters. The topological polar surface area (TPSA) is 37.0 Å². The molecule has 1 aliphatic carbocycles. The summed E-state index contributed by atoms with van der Waals surface area (Å²) in [6.45, 7) is 1.04. The summed E-state index contributed by atoms with van der Waals surface area (Å²) < 4.78 is 0. The summed E-state index contributed by atoms with van der Waals surface area (Å²) in [7, 11) is 1.90. The highest BCUT2D eigenvalue weighted by atomic mass is 15.0. The Bertz CT molecular complexity index is 332. The van der Waals surface area contributed by atoms with Crippen molar-refractivity contribution >= 4 is 11.6 Å². The largest absolute Gasteiger partial charge is 0.373 e. The molecule has 94 valence electrons. The lowest BCUT2D eigenvalue weighted by molar-refractivity contribution is 0.491. The van der Waals surface area contributed by atoms with Crippen LogP contribution in [0.1, 0.15) is 38.5 Å². The summed E-state index contributed by atoms with van der Waals surface area (Å²) in [6, 6.07) is 6.03. The van der Waals surface area contributed by atoms with Gasteiger partial charge in [-0.1, -0.05) is 31.7 Å². The summed E-state index contributed by atoms with van der Waals surface area (Å²) in [5.41, 5.74) is 0. The third-order valence-electron chi connectivity index (χ3n) is 3.58. The molecule has 17 heavy (non-hydrogen) atoms. The highest BCUT2D eigenvalue weighted by molar-refractivity contribution is 5.44. The fraction of sp³-hybridized carbons (Fsp3) is 0.643. The van der Waals surface area contributed by atoms with Gasteiger partial charge < -0.3 is 10.6 Å². The van der Waals surface area contributed by atoms with Gasteiger partial charge in [-0.15, -0.1) is 0 Å². The molecular weight excluding hydrogens is 210 g/mol. The van der Waals surface area contributed by atoms with Crippen LogP contribution in [-0.2, 0) is 0 Å². The van der Waals surface area contributed by atoms with Crippen LogP contribution in [0.2, 0.25) is 0 Å². The number of hydrogen-bond donors (Lipinski definition) is 2. The average Bonchev–Trinajstić information content (AvgIpc) is 2.88. The van der Waals surface area contributed by atoms with E-state index in [-0.39, 0.29) is 0 Å². The molecule has 1 aliphatic rings. The molecule has 1 aromatic heterocycles. The molecule has 0 saturated heterocycles. The summed E-state index contributed by atoms with van der Waals surface area (Å²) in [5, 5.41) is 6.44. The van der Waals surface area contributed by atoms with E-state index in [0.29, 0.717) is 0 Å².